The summed E-state index contributed by atoms with van der Waals surface area (Å²) in [6, 6.07) is 15.4. The van der Waals surface area contributed by atoms with Crippen LogP contribution in [0.25, 0.3) is 0 Å². The van der Waals surface area contributed by atoms with Gasteiger partial charge in [0.05, 0.1) is 18.0 Å². The molecule has 0 aromatic heterocycles. The molecule has 0 saturated carbocycles. The molecule has 0 saturated heterocycles. The first-order chi connectivity index (χ1) is 11.5. The highest BCUT2D eigenvalue weighted by Crippen LogP contribution is 2.30. The molecule has 24 heavy (non-hydrogen) atoms. The molecule has 6 heteroatoms. The molecule has 3 rings (SSSR count). The van der Waals surface area contributed by atoms with Crippen LogP contribution in [0.5, 0.6) is 5.75 Å². The Morgan fingerprint density at radius 1 is 1.17 bits per heavy atom. The SMILES string of the molecule is Cc1cccc(CS(=O)(=O)NCCN2CCOc3ccccc32)c1. The number of anilines is 1. The van der Waals surface area contributed by atoms with Crippen molar-refractivity contribution in [1.82, 2.24) is 4.72 Å². The Balaban J connectivity index is 1.56. The molecule has 0 unspecified atom stereocenters. The zero-order valence-electron chi connectivity index (χ0n) is 13.7. The van der Waals surface area contributed by atoms with E-state index in [1.54, 1.807) is 0 Å². The summed E-state index contributed by atoms with van der Waals surface area (Å²) >= 11 is 0. The van der Waals surface area contributed by atoms with E-state index in [2.05, 4.69) is 9.62 Å². The molecule has 128 valence electrons. The fourth-order valence-electron chi connectivity index (χ4n) is 2.87. The molecule has 0 bridgehead atoms. The number of hydrogen-bond acceptors (Lipinski definition) is 4. The number of ether oxygens (including phenoxy) is 1. The van der Waals surface area contributed by atoms with Crippen LogP contribution in [0.4, 0.5) is 5.69 Å². The molecule has 5 nitrogen and oxygen atoms in total. The Morgan fingerprint density at radius 2 is 2.00 bits per heavy atom. The number of fused-ring (bicyclic) bond motifs is 1. The van der Waals surface area contributed by atoms with Gasteiger partial charge in [-0.2, -0.15) is 0 Å². The van der Waals surface area contributed by atoms with Gasteiger partial charge in [-0.05, 0) is 24.6 Å². The van der Waals surface area contributed by atoms with Crippen molar-refractivity contribution in [3.63, 3.8) is 0 Å². The molecular weight excluding hydrogens is 324 g/mol. The lowest BCUT2D eigenvalue weighted by molar-refractivity contribution is 0.308. The predicted molar refractivity (Wildman–Crippen MR) is 96.0 cm³/mol. The quantitative estimate of drug-likeness (QED) is 0.872. The molecule has 1 aliphatic heterocycles. The lowest BCUT2D eigenvalue weighted by Gasteiger charge is -2.31. The fraction of sp³-hybridized carbons (Fsp3) is 0.333. The van der Waals surface area contributed by atoms with Crippen LogP contribution in [0.3, 0.4) is 0 Å². The van der Waals surface area contributed by atoms with Crippen LogP contribution in [0.15, 0.2) is 48.5 Å². The first-order valence-electron chi connectivity index (χ1n) is 8.03. The molecule has 1 heterocycles. The summed E-state index contributed by atoms with van der Waals surface area (Å²) in [5.41, 5.74) is 2.88. The van der Waals surface area contributed by atoms with Gasteiger partial charge in [-0.25, -0.2) is 13.1 Å². The standard InChI is InChI=1S/C18H22N2O3S/c1-15-5-4-6-16(13-15)14-24(21,22)19-9-10-20-11-12-23-18-8-3-2-7-17(18)20/h2-8,13,19H,9-12,14H2,1H3. The van der Waals surface area contributed by atoms with E-state index >= 15 is 0 Å². The zero-order valence-corrected chi connectivity index (χ0v) is 14.6. The zero-order chi connectivity index (χ0) is 17.0. The third-order valence-electron chi connectivity index (χ3n) is 3.97. The molecule has 2 aromatic carbocycles. The van der Waals surface area contributed by atoms with Gasteiger partial charge in [-0.1, -0.05) is 42.0 Å². The number of rotatable bonds is 6. The number of aryl methyl sites for hydroxylation is 1. The average molecular weight is 346 g/mol. The van der Waals surface area contributed by atoms with Crippen LogP contribution in [0.2, 0.25) is 0 Å². The van der Waals surface area contributed by atoms with Crippen molar-refractivity contribution < 1.29 is 13.2 Å². The van der Waals surface area contributed by atoms with Gasteiger partial charge in [-0.15, -0.1) is 0 Å². The van der Waals surface area contributed by atoms with E-state index in [0.29, 0.717) is 19.7 Å². The summed E-state index contributed by atoms with van der Waals surface area (Å²) in [4.78, 5) is 2.15. The van der Waals surface area contributed by atoms with Crippen molar-refractivity contribution in [3.05, 3.63) is 59.7 Å². The predicted octanol–water partition coefficient (Wildman–Crippen LogP) is 2.31. The van der Waals surface area contributed by atoms with Gasteiger partial charge in [-0.3, -0.25) is 0 Å². The van der Waals surface area contributed by atoms with Gasteiger partial charge < -0.3 is 9.64 Å². The molecule has 0 spiro atoms. The molecule has 2 aromatic rings. The van der Waals surface area contributed by atoms with Crippen molar-refractivity contribution in [2.45, 2.75) is 12.7 Å². The van der Waals surface area contributed by atoms with Gasteiger partial charge in [0, 0.05) is 13.1 Å². The van der Waals surface area contributed by atoms with Gasteiger partial charge in [0.2, 0.25) is 10.0 Å². The van der Waals surface area contributed by atoms with E-state index in [0.717, 1.165) is 29.1 Å². The van der Waals surface area contributed by atoms with Crippen molar-refractivity contribution >= 4 is 15.7 Å². The Hall–Kier alpha value is -2.05. The van der Waals surface area contributed by atoms with E-state index in [4.69, 9.17) is 4.74 Å². The third kappa shape index (κ3) is 4.27. The van der Waals surface area contributed by atoms with Crippen LogP contribution in [-0.4, -0.2) is 34.7 Å². The second-order valence-corrected chi connectivity index (χ2v) is 7.75. The first kappa shape index (κ1) is 16.8. The molecule has 0 aliphatic carbocycles. The average Bonchev–Trinajstić information content (AvgIpc) is 2.54. The number of nitrogens with zero attached hydrogens (tertiary/aromatic N) is 1. The Labute approximate surface area is 143 Å². The maximum Gasteiger partial charge on any atom is 0.215 e. The molecule has 1 N–H and O–H groups in total. The highest BCUT2D eigenvalue weighted by atomic mass is 32.2. The van der Waals surface area contributed by atoms with E-state index in [1.165, 1.54) is 0 Å². The number of para-hydroxylation sites is 2. The van der Waals surface area contributed by atoms with Crippen LogP contribution < -0.4 is 14.4 Å². The fourth-order valence-corrected chi connectivity index (χ4v) is 3.99. The van der Waals surface area contributed by atoms with E-state index in [9.17, 15) is 8.42 Å². The molecule has 0 atom stereocenters. The molecule has 0 radical (unpaired) electrons. The summed E-state index contributed by atoms with van der Waals surface area (Å²) in [6.07, 6.45) is 0. The summed E-state index contributed by atoms with van der Waals surface area (Å²) in [6.45, 7) is 4.33. The van der Waals surface area contributed by atoms with Gasteiger partial charge in [0.25, 0.3) is 0 Å². The van der Waals surface area contributed by atoms with Crippen molar-refractivity contribution in [2.24, 2.45) is 0 Å². The largest absolute Gasteiger partial charge is 0.490 e. The maximum absolute atomic E-state index is 12.2. The van der Waals surface area contributed by atoms with Crippen LogP contribution >= 0.6 is 0 Å². The third-order valence-corrected chi connectivity index (χ3v) is 5.32. The number of nitrogens with one attached hydrogen (secondary N) is 1. The molecule has 0 amide bonds. The Morgan fingerprint density at radius 3 is 2.83 bits per heavy atom. The topological polar surface area (TPSA) is 58.6 Å². The van der Waals surface area contributed by atoms with Crippen LogP contribution in [-0.2, 0) is 15.8 Å². The Bertz CT molecular complexity index is 805. The molecule has 0 fully saturated rings. The summed E-state index contributed by atoms with van der Waals surface area (Å²) in [7, 11) is -3.34. The smallest absolute Gasteiger partial charge is 0.215 e. The highest BCUT2D eigenvalue weighted by Gasteiger charge is 2.18. The summed E-state index contributed by atoms with van der Waals surface area (Å²) < 4.78 is 32.8. The first-order valence-corrected chi connectivity index (χ1v) is 9.68. The monoisotopic (exact) mass is 346 g/mol. The normalized spacial score (nSPS) is 14.1. The maximum atomic E-state index is 12.2. The second kappa shape index (κ2) is 7.23. The lowest BCUT2D eigenvalue weighted by Crippen LogP contribution is -2.39. The van der Waals surface area contributed by atoms with E-state index in [1.807, 2.05) is 55.5 Å². The molecular formula is C18H22N2O3S. The minimum absolute atomic E-state index is 0.00831. The van der Waals surface area contributed by atoms with Gasteiger partial charge >= 0.3 is 0 Å². The molecule has 1 aliphatic rings. The van der Waals surface area contributed by atoms with E-state index in [-0.39, 0.29) is 5.75 Å². The lowest BCUT2D eigenvalue weighted by atomic mass is 10.2. The van der Waals surface area contributed by atoms with Crippen molar-refractivity contribution in [3.8, 4) is 5.75 Å². The van der Waals surface area contributed by atoms with Crippen molar-refractivity contribution in [2.75, 3.05) is 31.1 Å². The van der Waals surface area contributed by atoms with Gasteiger partial charge in [0.1, 0.15) is 12.4 Å². The van der Waals surface area contributed by atoms with Crippen molar-refractivity contribution in [1.29, 1.82) is 0 Å². The second-order valence-electron chi connectivity index (χ2n) is 5.95. The highest BCUT2D eigenvalue weighted by molar-refractivity contribution is 7.88. The van der Waals surface area contributed by atoms with Gasteiger partial charge in [0.15, 0.2) is 0 Å². The number of sulfonamides is 1. The summed E-state index contributed by atoms with van der Waals surface area (Å²) in [5, 5.41) is 0. The number of hydrogen-bond donors (Lipinski definition) is 1. The Kier molecular flexibility index (Phi) is 5.06. The number of benzene rings is 2. The van der Waals surface area contributed by atoms with E-state index < -0.39 is 10.0 Å². The minimum Gasteiger partial charge on any atom is -0.490 e. The minimum atomic E-state index is -3.34. The van der Waals surface area contributed by atoms with Crippen LogP contribution in [0.1, 0.15) is 11.1 Å². The summed E-state index contributed by atoms with van der Waals surface area (Å²) in [5.74, 6) is 0.861. The van der Waals surface area contributed by atoms with Crippen LogP contribution in [0, 0.1) is 6.92 Å².